The summed E-state index contributed by atoms with van der Waals surface area (Å²) in [6.07, 6.45) is -5.08. The number of alkyl halides is 3. The number of carboxylic acid groups (broad SMARTS) is 2. The molecule has 1 unspecified atom stereocenters. The largest absolute Gasteiger partial charge is 0.497 e. The third-order valence-electron chi connectivity index (χ3n) is 4.01. The van der Waals surface area contributed by atoms with Crippen molar-refractivity contribution in [2.75, 3.05) is 19.5 Å². The Labute approximate surface area is 172 Å². The molecule has 1 aromatic rings. The number of hydrogen-bond acceptors (Lipinski definition) is 7. The highest BCUT2D eigenvalue weighted by Gasteiger charge is 2.51. The standard InChI is InChI=1S/C15H16N2O5S.C2HF3O2/c1-21-9-2-4-10(5-3-9)22-6-8-7-23-14-11(16)13(18)17(14)12(8)15(19)20;3-2(4,5)1(6)7/h2-5,11,14H,6-7,16H2,1H3,(H,19,20);(H,6,7)/t11?,14-;/m1./s1. The summed E-state index contributed by atoms with van der Waals surface area (Å²) in [7, 11) is 1.57. The summed E-state index contributed by atoms with van der Waals surface area (Å²) >= 11 is 1.45. The zero-order valence-corrected chi connectivity index (χ0v) is 16.2. The zero-order valence-electron chi connectivity index (χ0n) is 15.4. The summed E-state index contributed by atoms with van der Waals surface area (Å²) in [5.74, 6) is -2.47. The first kappa shape index (κ1) is 23.3. The van der Waals surface area contributed by atoms with E-state index in [0.29, 0.717) is 22.8 Å². The second kappa shape index (κ2) is 9.26. The lowest BCUT2D eigenvalue weighted by Crippen LogP contribution is -2.68. The molecule has 9 nitrogen and oxygen atoms in total. The van der Waals surface area contributed by atoms with Crippen LogP contribution < -0.4 is 15.2 Å². The van der Waals surface area contributed by atoms with E-state index in [1.807, 2.05) is 0 Å². The maximum Gasteiger partial charge on any atom is 0.490 e. The third kappa shape index (κ3) is 5.16. The molecule has 2 heterocycles. The van der Waals surface area contributed by atoms with Crippen molar-refractivity contribution < 1.29 is 47.2 Å². The quantitative estimate of drug-likeness (QED) is 0.566. The summed E-state index contributed by atoms with van der Waals surface area (Å²) < 4.78 is 42.4. The summed E-state index contributed by atoms with van der Waals surface area (Å²) in [6, 6.07) is 6.36. The van der Waals surface area contributed by atoms with Gasteiger partial charge in [0.15, 0.2) is 0 Å². The Kier molecular flexibility index (Phi) is 7.21. The van der Waals surface area contributed by atoms with Crippen LogP contribution in [0.1, 0.15) is 0 Å². The van der Waals surface area contributed by atoms with E-state index in [4.69, 9.17) is 25.1 Å². The number of thioether (sulfide) groups is 1. The van der Waals surface area contributed by atoms with E-state index in [-0.39, 0.29) is 23.6 Å². The Morgan fingerprint density at radius 3 is 2.23 bits per heavy atom. The number of methoxy groups -OCH3 is 1. The van der Waals surface area contributed by atoms with Crippen molar-refractivity contribution in [1.82, 2.24) is 4.90 Å². The molecule has 0 radical (unpaired) electrons. The normalized spacial score (nSPS) is 20.4. The Hall–Kier alpha value is -2.93. The summed E-state index contributed by atoms with van der Waals surface area (Å²) in [5, 5.41) is 16.3. The van der Waals surface area contributed by atoms with E-state index < -0.39 is 24.2 Å². The van der Waals surface area contributed by atoms with Gasteiger partial charge < -0.3 is 25.4 Å². The second-order valence-corrected chi connectivity index (χ2v) is 7.07. The topological polar surface area (TPSA) is 139 Å². The number of hydrogen-bond donors (Lipinski definition) is 3. The van der Waals surface area contributed by atoms with E-state index in [9.17, 15) is 27.9 Å². The molecule has 0 saturated carbocycles. The molecule has 2 aliphatic heterocycles. The molecule has 1 saturated heterocycles. The van der Waals surface area contributed by atoms with Crippen LogP contribution in [0.15, 0.2) is 35.5 Å². The Morgan fingerprint density at radius 2 is 1.77 bits per heavy atom. The Morgan fingerprint density at radius 1 is 1.23 bits per heavy atom. The Bertz CT molecular complexity index is 858. The minimum atomic E-state index is -5.08. The van der Waals surface area contributed by atoms with Crippen molar-refractivity contribution in [3.05, 3.63) is 35.5 Å². The van der Waals surface area contributed by atoms with Gasteiger partial charge in [0, 0.05) is 11.3 Å². The molecule has 1 aromatic carbocycles. The molecule has 0 aliphatic carbocycles. The van der Waals surface area contributed by atoms with Crippen LogP contribution in [-0.4, -0.2) is 70.0 Å². The van der Waals surface area contributed by atoms with Crippen molar-refractivity contribution >= 4 is 29.6 Å². The maximum absolute atomic E-state index is 11.8. The van der Waals surface area contributed by atoms with E-state index in [1.165, 1.54) is 16.7 Å². The number of nitrogens with two attached hydrogens (primary N) is 1. The number of nitrogens with zero attached hydrogens (tertiary/aromatic N) is 1. The molecule has 1 amide bonds. The summed E-state index contributed by atoms with van der Waals surface area (Å²) in [6.45, 7) is 0.104. The van der Waals surface area contributed by atoms with E-state index in [1.54, 1.807) is 31.4 Å². The third-order valence-corrected chi connectivity index (χ3v) is 5.37. The van der Waals surface area contributed by atoms with Gasteiger partial charge in [0.2, 0.25) is 5.91 Å². The van der Waals surface area contributed by atoms with Crippen molar-refractivity contribution in [2.24, 2.45) is 5.73 Å². The van der Waals surface area contributed by atoms with Crippen LogP contribution in [0.4, 0.5) is 13.2 Å². The fourth-order valence-electron chi connectivity index (χ4n) is 2.53. The second-order valence-electron chi connectivity index (χ2n) is 5.96. The molecule has 3 rings (SSSR count). The Balaban J connectivity index is 0.000000396. The molecule has 2 atom stereocenters. The fourth-order valence-corrected chi connectivity index (χ4v) is 3.81. The van der Waals surface area contributed by atoms with Gasteiger partial charge in [0.05, 0.1) is 7.11 Å². The van der Waals surface area contributed by atoms with Gasteiger partial charge in [-0.25, -0.2) is 9.59 Å². The smallest absolute Gasteiger partial charge is 0.490 e. The van der Waals surface area contributed by atoms with Crippen LogP contribution in [0.3, 0.4) is 0 Å². The molecule has 13 heteroatoms. The highest BCUT2D eigenvalue weighted by atomic mass is 32.2. The number of ether oxygens (including phenoxy) is 2. The molecule has 0 bridgehead atoms. The number of amides is 1. The number of rotatable bonds is 5. The number of fused-ring (bicyclic) bond motifs is 1. The van der Waals surface area contributed by atoms with Gasteiger partial charge in [-0.05, 0) is 24.3 Å². The number of carboxylic acids is 2. The zero-order chi connectivity index (χ0) is 22.6. The van der Waals surface area contributed by atoms with Crippen LogP contribution in [0, 0.1) is 0 Å². The first-order valence-corrected chi connectivity index (χ1v) is 9.24. The van der Waals surface area contributed by atoms with E-state index in [0.717, 1.165) is 0 Å². The highest BCUT2D eigenvalue weighted by molar-refractivity contribution is 8.00. The molecule has 1 fully saturated rings. The first-order chi connectivity index (χ1) is 14.0. The number of carbonyl (C=O) groups excluding carboxylic acids is 1. The number of benzene rings is 1. The molecule has 30 heavy (non-hydrogen) atoms. The monoisotopic (exact) mass is 450 g/mol. The van der Waals surface area contributed by atoms with Crippen molar-refractivity contribution in [1.29, 1.82) is 0 Å². The van der Waals surface area contributed by atoms with E-state index >= 15 is 0 Å². The number of aliphatic carboxylic acids is 2. The first-order valence-electron chi connectivity index (χ1n) is 8.20. The predicted molar refractivity (Wildman–Crippen MR) is 97.9 cm³/mol. The molecular weight excluding hydrogens is 433 g/mol. The lowest BCUT2D eigenvalue weighted by molar-refractivity contribution is -0.192. The average Bonchev–Trinajstić information content (AvgIpc) is 2.70. The van der Waals surface area contributed by atoms with Gasteiger partial charge in [-0.1, -0.05) is 0 Å². The SMILES string of the molecule is COc1ccc(OCC2=C(C(=O)O)N3C(=O)C(N)[C@H]3SC2)cc1.O=C(O)C(F)(F)F. The van der Waals surface area contributed by atoms with Crippen molar-refractivity contribution in [2.45, 2.75) is 17.6 Å². The fraction of sp³-hybridized carbons (Fsp3) is 0.353. The van der Waals surface area contributed by atoms with Gasteiger partial charge in [0.1, 0.15) is 35.2 Å². The summed E-state index contributed by atoms with van der Waals surface area (Å²) in [4.78, 5) is 33.5. The van der Waals surface area contributed by atoms with Gasteiger partial charge in [0.25, 0.3) is 0 Å². The van der Waals surface area contributed by atoms with E-state index in [2.05, 4.69) is 0 Å². The van der Waals surface area contributed by atoms with Gasteiger partial charge >= 0.3 is 18.1 Å². The number of β-lactam (4-membered cyclic amide) rings is 1. The molecule has 164 valence electrons. The minimum absolute atomic E-state index is 0.00559. The highest BCUT2D eigenvalue weighted by Crippen LogP contribution is 2.39. The minimum Gasteiger partial charge on any atom is -0.497 e. The molecule has 0 aromatic heterocycles. The average molecular weight is 450 g/mol. The molecule has 2 aliphatic rings. The lowest BCUT2D eigenvalue weighted by atomic mass is 10.0. The molecule has 0 spiro atoms. The van der Waals surface area contributed by atoms with Crippen LogP contribution in [-0.2, 0) is 14.4 Å². The van der Waals surface area contributed by atoms with Gasteiger partial charge in [-0.2, -0.15) is 13.2 Å². The van der Waals surface area contributed by atoms with Crippen LogP contribution in [0.25, 0.3) is 0 Å². The van der Waals surface area contributed by atoms with Gasteiger partial charge in [-0.3, -0.25) is 9.69 Å². The number of halogens is 3. The lowest BCUT2D eigenvalue weighted by Gasteiger charge is -2.47. The maximum atomic E-state index is 11.8. The molecular formula is C17H17F3N2O7S. The predicted octanol–water partition coefficient (Wildman–Crippen LogP) is 1.29. The van der Waals surface area contributed by atoms with Crippen molar-refractivity contribution in [3.8, 4) is 11.5 Å². The van der Waals surface area contributed by atoms with Crippen LogP contribution >= 0.6 is 11.8 Å². The van der Waals surface area contributed by atoms with Crippen LogP contribution in [0.2, 0.25) is 0 Å². The summed E-state index contributed by atoms with van der Waals surface area (Å²) in [5.41, 5.74) is 6.27. The molecule has 4 N–H and O–H groups in total. The van der Waals surface area contributed by atoms with Gasteiger partial charge in [-0.15, -0.1) is 11.8 Å². The van der Waals surface area contributed by atoms with Crippen molar-refractivity contribution in [3.63, 3.8) is 0 Å². The van der Waals surface area contributed by atoms with Crippen LogP contribution in [0.5, 0.6) is 11.5 Å². The number of carbonyl (C=O) groups is 3.